The molecule has 0 spiro atoms. The fourth-order valence-corrected chi connectivity index (χ4v) is 4.59. The number of rotatable bonds is 4. The molecule has 0 saturated carbocycles. The number of nitrogens with zero attached hydrogens (tertiary/aromatic N) is 4. The molecule has 2 unspecified atom stereocenters. The number of hydrogen-bond acceptors (Lipinski definition) is 6. The largest absolute Gasteiger partial charge is 0.341 e. The van der Waals surface area contributed by atoms with Gasteiger partial charge in [-0.15, -0.1) is 0 Å². The SMILES string of the molecule is CN1C(=O)C(NC(=O)C2N=C(Cc3ccccc3)NN2)CCn2nc3c(c21)CCCC3. The Balaban J connectivity index is 1.26. The van der Waals surface area contributed by atoms with E-state index >= 15 is 0 Å². The Kier molecular flexibility index (Phi) is 5.19. The van der Waals surface area contributed by atoms with Gasteiger partial charge in [0.1, 0.15) is 17.7 Å². The Bertz CT molecular complexity index is 1030. The average Bonchev–Trinajstić information content (AvgIpc) is 3.38. The molecule has 0 fully saturated rings. The summed E-state index contributed by atoms with van der Waals surface area (Å²) in [5, 5.41) is 7.63. The number of nitrogens with one attached hydrogen (secondary N) is 3. The molecule has 2 aliphatic heterocycles. The third-order valence-electron chi connectivity index (χ3n) is 6.19. The topological polar surface area (TPSA) is 104 Å². The van der Waals surface area contributed by atoms with Crippen molar-refractivity contribution in [2.24, 2.45) is 4.99 Å². The van der Waals surface area contributed by atoms with Crippen molar-refractivity contribution in [1.82, 2.24) is 25.9 Å². The predicted molar refractivity (Wildman–Crippen MR) is 116 cm³/mol. The second kappa shape index (κ2) is 8.14. The van der Waals surface area contributed by atoms with Gasteiger partial charge in [-0.1, -0.05) is 30.3 Å². The zero-order valence-corrected chi connectivity index (χ0v) is 17.6. The van der Waals surface area contributed by atoms with Crippen LogP contribution in [0.5, 0.6) is 0 Å². The number of aliphatic imine (C=N–C) groups is 1. The molecule has 2 aromatic rings. The fraction of sp³-hybridized carbons (Fsp3) is 0.455. The normalized spacial score (nSPS) is 22.8. The van der Waals surface area contributed by atoms with Crippen LogP contribution < -0.4 is 21.1 Å². The Morgan fingerprint density at radius 3 is 2.87 bits per heavy atom. The number of fused-ring (bicyclic) bond motifs is 3. The molecule has 9 heteroatoms. The van der Waals surface area contributed by atoms with Crippen LogP contribution in [0.4, 0.5) is 5.82 Å². The standard InChI is InChI=1S/C22H27N7O2/c1-28-21-15-9-5-6-10-16(15)27-29(21)12-11-17(22(28)31)23-20(30)19-24-18(25-26-19)13-14-7-3-2-4-8-14/h2-4,7-8,17,19,26H,5-6,9-13H2,1H3,(H,23,30)(H,24,25). The number of anilines is 1. The van der Waals surface area contributed by atoms with E-state index in [1.54, 1.807) is 11.9 Å². The lowest BCUT2D eigenvalue weighted by Crippen LogP contribution is -2.52. The summed E-state index contributed by atoms with van der Waals surface area (Å²) in [4.78, 5) is 32.1. The summed E-state index contributed by atoms with van der Waals surface area (Å²) in [6.07, 6.45) is 4.55. The van der Waals surface area contributed by atoms with Gasteiger partial charge in [0.25, 0.3) is 11.8 Å². The lowest BCUT2D eigenvalue weighted by atomic mass is 9.97. The molecule has 3 heterocycles. The maximum Gasteiger partial charge on any atom is 0.261 e. The van der Waals surface area contributed by atoms with Crippen LogP contribution in [-0.4, -0.2) is 46.7 Å². The maximum absolute atomic E-state index is 13.1. The highest BCUT2D eigenvalue weighted by Crippen LogP contribution is 2.32. The summed E-state index contributed by atoms with van der Waals surface area (Å²) in [7, 11) is 1.78. The van der Waals surface area contributed by atoms with Gasteiger partial charge in [0.05, 0.1) is 5.69 Å². The van der Waals surface area contributed by atoms with Crippen molar-refractivity contribution in [3.05, 3.63) is 47.2 Å². The minimum Gasteiger partial charge on any atom is -0.341 e. The molecule has 0 bridgehead atoms. The second-order valence-electron chi connectivity index (χ2n) is 8.34. The van der Waals surface area contributed by atoms with E-state index in [1.807, 2.05) is 35.0 Å². The number of hydrogen-bond donors (Lipinski definition) is 3. The number of amidine groups is 1. The van der Waals surface area contributed by atoms with Crippen molar-refractivity contribution < 1.29 is 9.59 Å². The summed E-state index contributed by atoms with van der Waals surface area (Å²) in [5.41, 5.74) is 9.29. The number of carbonyl (C=O) groups excluding carboxylic acids is 2. The Morgan fingerprint density at radius 1 is 1.23 bits per heavy atom. The number of amides is 2. The molecule has 9 nitrogen and oxygen atoms in total. The van der Waals surface area contributed by atoms with E-state index in [0.29, 0.717) is 25.2 Å². The van der Waals surface area contributed by atoms with Gasteiger partial charge < -0.3 is 10.7 Å². The quantitative estimate of drug-likeness (QED) is 0.674. The molecular weight excluding hydrogens is 394 g/mol. The molecule has 162 valence electrons. The lowest BCUT2D eigenvalue weighted by molar-refractivity contribution is -0.128. The van der Waals surface area contributed by atoms with Crippen LogP contribution in [-0.2, 0) is 35.4 Å². The average molecular weight is 422 g/mol. The molecule has 3 N–H and O–H groups in total. The van der Waals surface area contributed by atoms with Crippen LogP contribution in [0.1, 0.15) is 36.1 Å². The highest BCUT2D eigenvalue weighted by molar-refractivity contribution is 6.00. The molecular formula is C22H27N7O2. The summed E-state index contributed by atoms with van der Waals surface area (Å²) in [5.74, 6) is 1.16. The van der Waals surface area contributed by atoms with E-state index in [-0.39, 0.29) is 11.8 Å². The molecule has 2 amide bonds. The number of aryl methyl sites for hydroxylation is 2. The predicted octanol–water partition coefficient (Wildman–Crippen LogP) is 0.688. The Morgan fingerprint density at radius 2 is 2.03 bits per heavy atom. The van der Waals surface area contributed by atoms with Gasteiger partial charge >= 0.3 is 0 Å². The van der Waals surface area contributed by atoms with Crippen molar-refractivity contribution in [3.63, 3.8) is 0 Å². The van der Waals surface area contributed by atoms with Gasteiger partial charge in [-0.3, -0.25) is 14.5 Å². The fourth-order valence-electron chi connectivity index (χ4n) is 4.59. The summed E-state index contributed by atoms with van der Waals surface area (Å²) < 4.78 is 1.94. The first-order valence-electron chi connectivity index (χ1n) is 10.9. The number of hydrazine groups is 1. The first-order valence-corrected chi connectivity index (χ1v) is 10.9. The van der Waals surface area contributed by atoms with Crippen LogP contribution in [0.15, 0.2) is 35.3 Å². The molecule has 0 saturated heterocycles. The Labute approximate surface area is 180 Å². The van der Waals surface area contributed by atoms with Crippen LogP contribution in [0.3, 0.4) is 0 Å². The summed E-state index contributed by atoms with van der Waals surface area (Å²) in [6.45, 7) is 0.599. The highest BCUT2D eigenvalue weighted by atomic mass is 16.2. The number of benzene rings is 1. The second-order valence-corrected chi connectivity index (χ2v) is 8.34. The van der Waals surface area contributed by atoms with Crippen molar-refractivity contribution >= 4 is 23.5 Å². The van der Waals surface area contributed by atoms with Crippen molar-refractivity contribution in [1.29, 1.82) is 0 Å². The highest BCUT2D eigenvalue weighted by Gasteiger charge is 2.35. The molecule has 3 aliphatic rings. The van der Waals surface area contributed by atoms with Gasteiger partial charge in [0.15, 0.2) is 6.17 Å². The van der Waals surface area contributed by atoms with Gasteiger partial charge in [-0.2, -0.15) is 5.10 Å². The smallest absolute Gasteiger partial charge is 0.261 e. The zero-order chi connectivity index (χ0) is 21.4. The van der Waals surface area contributed by atoms with Crippen LogP contribution in [0, 0.1) is 0 Å². The maximum atomic E-state index is 13.1. The van der Waals surface area contributed by atoms with Crippen molar-refractivity contribution in [2.75, 3.05) is 11.9 Å². The molecule has 1 aromatic heterocycles. The molecule has 0 radical (unpaired) electrons. The first-order chi connectivity index (χ1) is 15.1. The number of likely N-dealkylation sites (N-methyl/N-ethyl adjacent to an activating group) is 1. The number of aromatic nitrogens is 2. The molecule has 31 heavy (non-hydrogen) atoms. The monoisotopic (exact) mass is 421 g/mol. The third kappa shape index (κ3) is 3.81. The van der Waals surface area contributed by atoms with Gasteiger partial charge in [-0.25, -0.2) is 15.1 Å². The van der Waals surface area contributed by atoms with Crippen LogP contribution in [0.25, 0.3) is 0 Å². The van der Waals surface area contributed by atoms with E-state index in [9.17, 15) is 9.59 Å². The van der Waals surface area contributed by atoms with E-state index < -0.39 is 12.2 Å². The van der Waals surface area contributed by atoms with Gasteiger partial charge in [0.2, 0.25) is 0 Å². The first kappa shape index (κ1) is 19.7. The zero-order valence-electron chi connectivity index (χ0n) is 17.6. The molecule has 5 rings (SSSR count). The van der Waals surface area contributed by atoms with Crippen LogP contribution in [0.2, 0.25) is 0 Å². The van der Waals surface area contributed by atoms with E-state index in [2.05, 4.69) is 21.2 Å². The summed E-state index contributed by atoms with van der Waals surface area (Å²) >= 11 is 0. The minimum absolute atomic E-state index is 0.111. The van der Waals surface area contributed by atoms with E-state index in [4.69, 9.17) is 5.10 Å². The van der Waals surface area contributed by atoms with Crippen molar-refractivity contribution in [3.8, 4) is 0 Å². The number of carbonyl (C=O) groups is 2. The Hall–Kier alpha value is -3.20. The summed E-state index contributed by atoms with van der Waals surface area (Å²) in [6, 6.07) is 9.33. The third-order valence-corrected chi connectivity index (χ3v) is 6.19. The van der Waals surface area contributed by atoms with E-state index in [0.717, 1.165) is 42.8 Å². The molecule has 1 aliphatic carbocycles. The molecule has 2 atom stereocenters. The van der Waals surface area contributed by atoms with Gasteiger partial charge in [-0.05, 0) is 37.7 Å². The van der Waals surface area contributed by atoms with E-state index in [1.165, 1.54) is 5.56 Å². The molecule has 1 aromatic carbocycles. The van der Waals surface area contributed by atoms with Crippen LogP contribution >= 0.6 is 0 Å². The minimum atomic E-state index is -0.759. The lowest BCUT2D eigenvalue weighted by Gasteiger charge is -2.23. The van der Waals surface area contributed by atoms with Gasteiger partial charge in [0, 0.05) is 25.6 Å². The van der Waals surface area contributed by atoms with Crippen molar-refractivity contribution in [2.45, 2.75) is 57.3 Å².